The topological polar surface area (TPSA) is 54.3 Å². The summed E-state index contributed by atoms with van der Waals surface area (Å²) in [6.45, 7) is 0. The molecule has 2 aromatic carbocycles. The lowest BCUT2D eigenvalue weighted by Gasteiger charge is -2.14. The second kappa shape index (κ2) is 3.77. The molecule has 4 nitrogen and oxygen atoms in total. The van der Waals surface area contributed by atoms with Crippen LogP contribution in [0.5, 0.6) is 5.75 Å². The average Bonchev–Trinajstić information content (AvgIpc) is 2.41. The van der Waals surface area contributed by atoms with Gasteiger partial charge in [-0.25, -0.2) is 0 Å². The first-order chi connectivity index (χ1) is 8.74. The molecule has 2 N–H and O–H groups in total. The summed E-state index contributed by atoms with van der Waals surface area (Å²) >= 11 is 0. The van der Waals surface area contributed by atoms with Gasteiger partial charge >= 0.3 is 0 Å². The minimum atomic E-state index is -0.0667. The van der Waals surface area contributed by atoms with Gasteiger partial charge in [0.1, 0.15) is 11.3 Å². The maximum Gasteiger partial charge on any atom is 0.197 e. The fraction of sp³-hybridized carbons (Fsp3) is 0.0714. The minimum absolute atomic E-state index is 0.0667. The summed E-state index contributed by atoms with van der Waals surface area (Å²) in [5.74, 6) is 0.0877. The maximum atomic E-state index is 12.4. The predicted molar refractivity (Wildman–Crippen MR) is 72.7 cm³/mol. The molecule has 0 saturated carbocycles. The Morgan fingerprint density at radius 1 is 1.06 bits per heavy atom. The molecule has 0 atom stereocenters. The Bertz CT molecular complexity index is 806. The van der Waals surface area contributed by atoms with Gasteiger partial charge in [-0.2, -0.15) is 0 Å². The highest BCUT2D eigenvalue weighted by atomic mass is 16.3. The van der Waals surface area contributed by atoms with Crippen molar-refractivity contribution in [1.29, 1.82) is 0 Å². The van der Waals surface area contributed by atoms with Crippen LogP contribution in [-0.4, -0.2) is 16.8 Å². The summed E-state index contributed by atoms with van der Waals surface area (Å²) in [6, 6.07) is 12.3. The molecule has 0 aliphatic carbocycles. The predicted octanol–water partition coefficient (Wildman–Crippen LogP) is 2.03. The second-order valence-corrected chi connectivity index (χ2v) is 4.08. The van der Waals surface area contributed by atoms with E-state index in [-0.39, 0.29) is 11.2 Å². The molecule has 3 rings (SSSR count). The van der Waals surface area contributed by atoms with E-state index in [4.69, 9.17) is 0 Å². The Hall–Kier alpha value is -2.49. The third-order valence-corrected chi connectivity index (χ3v) is 3.10. The van der Waals surface area contributed by atoms with Gasteiger partial charge in [-0.15, -0.1) is 0 Å². The molecule has 90 valence electrons. The lowest BCUT2D eigenvalue weighted by molar-refractivity contribution is 0.479. The van der Waals surface area contributed by atoms with Crippen LogP contribution in [-0.2, 0) is 0 Å². The molecule has 1 aromatic heterocycles. The van der Waals surface area contributed by atoms with Crippen molar-refractivity contribution >= 4 is 21.8 Å². The van der Waals surface area contributed by atoms with E-state index >= 15 is 0 Å². The molecule has 0 unspecified atom stereocenters. The SMILES string of the molecule is CNn1c2ccccc2c(=O)c2cccc(O)c21. The first-order valence-corrected chi connectivity index (χ1v) is 5.67. The zero-order valence-electron chi connectivity index (χ0n) is 9.84. The van der Waals surface area contributed by atoms with Crippen molar-refractivity contribution in [2.24, 2.45) is 0 Å². The first-order valence-electron chi connectivity index (χ1n) is 5.67. The van der Waals surface area contributed by atoms with E-state index in [0.717, 1.165) is 5.52 Å². The largest absolute Gasteiger partial charge is 0.506 e. The van der Waals surface area contributed by atoms with Crippen molar-refractivity contribution in [1.82, 2.24) is 4.68 Å². The molecule has 1 heterocycles. The number of hydrogen-bond donors (Lipinski definition) is 2. The Morgan fingerprint density at radius 2 is 1.78 bits per heavy atom. The molecule has 0 saturated heterocycles. The number of nitrogens with zero attached hydrogens (tertiary/aromatic N) is 1. The van der Waals surface area contributed by atoms with Crippen LogP contribution in [0, 0.1) is 0 Å². The van der Waals surface area contributed by atoms with Crippen molar-refractivity contribution in [3.8, 4) is 5.75 Å². The summed E-state index contributed by atoms with van der Waals surface area (Å²) in [6.07, 6.45) is 0. The van der Waals surface area contributed by atoms with Crippen LogP contribution in [0.4, 0.5) is 0 Å². The fourth-order valence-electron chi connectivity index (χ4n) is 2.31. The zero-order chi connectivity index (χ0) is 12.7. The number of hydrogen-bond acceptors (Lipinski definition) is 3. The van der Waals surface area contributed by atoms with E-state index in [1.807, 2.05) is 18.2 Å². The van der Waals surface area contributed by atoms with Gasteiger partial charge in [0.05, 0.1) is 10.9 Å². The van der Waals surface area contributed by atoms with Gasteiger partial charge in [0.15, 0.2) is 5.43 Å². The Labute approximate surface area is 103 Å². The van der Waals surface area contributed by atoms with Crippen LogP contribution >= 0.6 is 0 Å². The van der Waals surface area contributed by atoms with Crippen LogP contribution in [0.1, 0.15) is 0 Å². The highest BCUT2D eigenvalue weighted by molar-refractivity contribution is 5.96. The minimum Gasteiger partial charge on any atom is -0.506 e. The maximum absolute atomic E-state index is 12.4. The number of phenols is 1. The number of para-hydroxylation sites is 2. The smallest absolute Gasteiger partial charge is 0.197 e. The number of benzene rings is 2. The molecule has 0 aliphatic heterocycles. The van der Waals surface area contributed by atoms with Crippen LogP contribution < -0.4 is 10.9 Å². The summed E-state index contributed by atoms with van der Waals surface area (Å²) in [4.78, 5) is 12.4. The molecule has 18 heavy (non-hydrogen) atoms. The molecule has 3 aromatic rings. The fourth-order valence-corrected chi connectivity index (χ4v) is 2.31. The summed E-state index contributed by atoms with van der Waals surface area (Å²) in [5, 5.41) is 11.1. The second-order valence-electron chi connectivity index (χ2n) is 4.08. The van der Waals surface area contributed by atoms with E-state index in [2.05, 4.69) is 5.43 Å². The van der Waals surface area contributed by atoms with E-state index < -0.39 is 0 Å². The van der Waals surface area contributed by atoms with Crippen molar-refractivity contribution in [2.45, 2.75) is 0 Å². The molecule has 0 radical (unpaired) electrons. The Balaban J connectivity index is 2.71. The van der Waals surface area contributed by atoms with Crippen LogP contribution in [0.15, 0.2) is 47.3 Å². The Kier molecular flexibility index (Phi) is 2.23. The van der Waals surface area contributed by atoms with Crippen LogP contribution in [0.25, 0.3) is 21.8 Å². The van der Waals surface area contributed by atoms with Gasteiger partial charge in [0, 0.05) is 12.4 Å². The van der Waals surface area contributed by atoms with E-state index in [1.54, 1.807) is 36.0 Å². The lowest BCUT2D eigenvalue weighted by Crippen LogP contribution is -2.17. The molecule has 0 fully saturated rings. The third kappa shape index (κ3) is 1.29. The molecular formula is C14H12N2O2. The molecular weight excluding hydrogens is 228 g/mol. The number of phenolic OH excluding ortho intramolecular Hbond substituents is 1. The first kappa shape index (κ1) is 10.7. The molecule has 4 heteroatoms. The van der Waals surface area contributed by atoms with Crippen LogP contribution in [0.3, 0.4) is 0 Å². The highest BCUT2D eigenvalue weighted by Crippen LogP contribution is 2.24. The number of nitrogens with one attached hydrogen (secondary N) is 1. The number of rotatable bonds is 1. The molecule has 0 spiro atoms. The van der Waals surface area contributed by atoms with Crippen molar-refractivity contribution in [3.05, 3.63) is 52.7 Å². The van der Waals surface area contributed by atoms with Gasteiger partial charge in [-0.1, -0.05) is 18.2 Å². The summed E-state index contributed by atoms with van der Waals surface area (Å²) in [7, 11) is 1.75. The average molecular weight is 240 g/mol. The van der Waals surface area contributed by atoms with Gasteiger partial charge < -0.3 is 10.5 Å². The van der Waals surface area contributed by atoms with Crippen LogP contribution in [0.2, 0.25) is 0 Å². The van der Waals surface area contributed by atoms with E-state index in [0.29, 0.717) is 16.3 Å². The van der Waals surface area contributed by atoms with E-state index in [1.165, 1.54) is 0 Å². The standard InChI is InChI=1S/C14H12N2O2/c1-15-16-11-7-3-2-5-9(11)14(18)10-6-4-8-12(17)13(10)16/h2-8,15,17H,1H3. The van der Waals surface area contributed by atoms with Gasteiger partial charge in [0.25, 0.3) is 0 Å². The molecule has 0 bridgehead atoms. The van der Waals surface area contributed by atoms with Crippen molar-refractivity contribution in [3.63, 3.8) is 0 Å². The normalized spacial score (nSPS) is 10.9. The summed E-state index contributed by atoms with van der Waals surface area (Å²) in [5.41, 5.74) is 4.18. The number of aromatic nitrogens is 1. The monoisotopic (exact) mass is 240 g/mol. The van der Waals surface area contributed by atoms with Gasteiger partial charge in [-0.05, 0) is 24.3 Å². The zero-order valence-corrected chi connectivity index (χ0v) is 9.84. The van der Waals surface area contributed by atoms with E-state index in [9.17, 15) is 9.90 Å². The molecule has 0 aliphatic rings. The number of aromatic hydroxyl groups is 1. The number of pyridine rings is 1. The Morgan fingerprint density at radius 3 is 2.56 bits per heavy atom. The van der Waals surface area contributed by atoms with Gasteiger partial charge in [-0.3, -0.25) is 9.47 Å². The highest BCUT2D eigenvalue weighted by Gasteiger charge is 2.12. The summed E-state index contributed by atoms with van der Waals surface area (Å²) < 4.78 is 1.72. The quantitative estimate of drug-likeness (QED) is 0.640. The molecule has 0 amide bonds. The van der Waals surface area contributed by atoms with Gasteiger partial charge in [0.2, 0.25) is 0 Å². The van der Waals surface area contributed by atoms with Crippen molar-refractivity contribution in [2.75, 3.05) is 12.5 Å². The third-order valence-electron chi connectivity index (χ3n) is 3.10. The lowest BCUT2D eigenvalue weighted by atomic mass is 10.1. The van der Waals surface area contributed by atoms with Crippen molar-refractivity contribution < 1.29 is 5.11 Å². The number of fused-ring (bicyclic) bond motifs is 2.